The van der Waals surface area contributed by atoms with E-state index in [-0.39, 0.29) is 18.9 Å². The normalized spacial score (nSPS) is 11.9. The number of nitrogens with zero attached hydrogens (tertiary/aromatic N) is 1. The van der Waals surface area contributed by atoms with Gasteiger partial charge in [-0.1, -0.05) is 12.1 Å². The SMILES string of the molecule is COc1cccc(NC(=O)CN(C)C(=O)COC(=O)Cc2ccc3c(c2)OCCO3)c1. The number of likely N-dealkylation sites (N-methyl/N-ethyl adjacent to an activating group) is 1. The fourth-order valence-corrected chi connectivity index (χ4v) is 2.87. The van der Waals surface area contributed by atoms with Crippen molar-refractivity contribution in [2.24, 2.45) is 0 Å². The number of carbonyl (C=O) groups excluding carboxylic acids is 3. The molecule has 0 saturated carbocycles. The summed E-state index contributed by atoms with van der Waals surface area (Å²) in [4.78, 5) is 37.6. The number of benzene rings is 2. The van der Waals surface area contributed by atoms with Gasteiger partial charge < -0.3 is 29.2 Å². The Morgan fingerprint density at radius 2 is 1.84 bits per heavy atom. The number of carbonyl (C=O) groups is 3. The number of rotatable bonds is 8. The second-order valence-corrected chi connectivity index (χ2v) is 6.85. The summed E-state index contributed by atoms with van der Waals surface area (Å²) in [6.45, 7) is 0.302. The third kappa shape index (κ3) is 6.36. The van der Waals surface area contributed by atoms with E-state index >= 15 is 0 Å². The van der Waals surface area contributed by atoms with Gasteiger partial charge in [-0.3, -0.25) is 14.4 Å². The zero-order valence-corrected chi connectivity index (χ0v) is 17.4. The maximum Gasteiger partial charge on any atom is 0.310 e. The third-order valence-corrected chi connectivity index (χ3v) is 4.47. The van der Waals surface area contributed by atoms with Crippen LogP contribution in [0.4, 0.5) is 5.69 Å². The number of esters is 1. The van der Waals surface area contributed by atoms with Crippen LogP contribution in [0.5, 0.6) is 17.2 Å². The van der Waals surface area contributed by atoms with Gasteiger partial charge in [-0.05, 0) is 29.8 Å². The quantitative estimate of drug-likeness (QED) is 0.638. The summed E-state index contributed by atoms with van der Waals surface area (Å²) >= 11 is 0. The summed E-state index contributed by atoms with van der Waals surface area (Å²) in [5, 5.41) is 2.68. The van der Waals surface area contributed by atoms with Crippen LogP contribution < -0.4 is 19.5 Å². The molecule has 0 radical (unpaired) electrons. The smallest absolute Gasteiger partial charge is 0.310 e. The third-order valence-electron chi connectivity index (χ3n) is 4.47. The second-order valence-electron chi connectivity index (χ2n) is 6.85. The number of ether oxygens (including phenoxy) is 4. The molecule has 9 heteroatoms. The number of amides is 2. The Bertz CT molecular complexity index is 961. The Balaban J connectivity index is 1.42. The maximum atomic E-state index is 12.2. The molecule has 0 atom stereocenters. The molecule has 1 aliphatic rings. The first kappa shape index (κ1) is 21.9. The molecule has 2 aromatic carbocycles. The highest BCUT2D eigenvalue weighted by molar-refractivity contribution is 5.95. The lowest BCUT2D eigenvalue weighted by Crippen LogP contribution is -2.37. The lowest BCUT2D eigenvalue weighted by molar-refractivity contribution is -0.151. The van der Waals surface area contributed by atoms with Crippen molar-refractivity contribution >= 4 is 23.5 Å². The molecular weight excluding hydrogens is 404 g/mol. The summed E-state index contributed by atoms with van der Waals surface area (Å²) in [7, 11) is 2.99. The molecule has 9 nitrogen and oxygen atoms in total. The van der Waals surface area contributed by atoms with E-state index in [0.29, 0.717) is 41.7 Å². The molecule has 1 heterocycles. The average Bonchev–Trinajstić information content (AvgIpc) is 2.77. The summed E-state index contributed by atoms with van der Waals surface area (Å²) in [5.74, 6) is 0.385. The predicted molar refractivity (Wildman–Crippen MR) is 111 cm³/mol. The van der Waals surface area contributed by atoms with Crippen LogP contribution in [-0.2, 0) is 25.5 Å². The van der Waals surface area contributed by atoms with Gasteiger partial charge in [0.05, 0.1) is 20.1 Å². The average molecular weight is 428 g/mol. The minimum absolute atomic E-state index is 0.00996. The topological polar surface area (TPSA) is 103 Å². The molecule has 164 valence electrons. The fraction of sp³-hybridized carbons (Fsp3) is 0.318. The van der Waals surface area contributed by atoms with E-state index in [2.05, 4.69) is 5.32 Å². The minimum Gasteiger partial charge on any atom is -0.497 e. The van der Waals surface area contributed by atoms with Gasteiger partial charge in [0.2, 0.25) is 5.91 Å². The van der Waals surface area contributed by atoms with E-state index < -0.39 is 18.5 Å². The van der Waals surface area contributed by atoms with Crippen molar-refractivity contribution in [2.75, 3.05) is 45.8 Å². The van der Waals surface area contributed by atoms with Crippen molar-refractivity contribution in [1.29, 1.82) is 0 Å². The number of methoxy groups -OCH3 is 1. The molecule has 31 heavy (non-hydrogen) atoms. The molecule has 0 aromatic heterocycles. The molecule has 0 aliphatic carbocycles. The van der Waals surface area contributed by atoms with Crippen LogP contribution in [0.25, 0.3) is 0 Å². The van der Waals surface area contributed by atoms with Crippen molar-refractivity contribution < 1.29 is 33.3 Å². The van der Waals surface area contributed by atoms with Gasteiger partial charge in [0.1, 0.15) is 19.0 Å². The minimum atomic E-state index is -0.556. The standard InChI is InChI=1S/C22H24N2O7/c1-24(13-20(25)23-16-4-3-5-17(12-16)28-2)21(26)14-31-22(27)11-15-6-7-18-19(10-15)30-9-8-29-18/h3-7,10,12H,8-9,11,13-14H2,1-2H3,(H,23,25). The van der Waals surface area contributed by atoms with Crippen LogP contribution in [0, 0.1) is 0 Å². The van der Waals surface area contributed by atoms with Gasteiger partial charge in [0.25, 0.3) is 5.91 Å². The van der Waals surface area contributed by atoms with Gasteiger partial charge >= 0.3 is 5.97 Å². The van der Waals surface area contributed by atoms with Crippen molar-refractivity contribution in [2.45, 2.75) is 6.42 Å². The molecule has 3 rings (SSSR count). The highest BCUT2D eigenvalue weighted by Crippen LogP contribution is 2.30. The van der Waals surface area contributed by atoms with E-state index in [1.807, 2.05) is 0 Å². The van der Waals surface area contributed by atoms with Gasteiger partial charge in [0.15, 0.2) is 18.1 Å². The van der Waals surface area contributed by atoms with Crippen LogP contribution in [0.15, 0.2) is 42.5 Å². The highest BCUT2D eigenvalue weighted by atomic mass is 16.6. The van der Waals surface area contributed by atoms with Crippen molar-refractivity contribution in [3.63, 3.8) is 0 Å². The van der Waals surface area contributed by atoms with E-state index in [0.717, 1.165) is 0 Å². The lowest BCUT2D eigenvalue weighted by atomic mass is 10.1. The van der Waals surface area contributed by atoms with E-state index in [4.69, 9.17) is 18.9 Å². The zero-order valence-electron chi connectivity index (χ0n) is 17.4. The van der Waals surface area contributed by atoms with Gasteiger partial charge in [-0.25, -0.2) is 0 Å². The van der Waals surface area contributed by atoms with Crippen LogP contribution in [0.1, 0.15) is 5.56 Å². The predicted octanol–water partition coefficient (Wildman–Crippen LogP) is 1.65. The molecule has 0 saturated heterocycles. The molecule has 0 fully saturated rings. The van der Waals surface area contributed by atoms with Crippen LogP contribution in [0.3, 0.4) is 0 Å². The monoisotopic (exact) mass is 428 g/mol. The Hall–Kier alpha value is -3.75. The van der Waals surface area contributed by atoms with E-state index in [1.165, 1.54) is 19.1 Å². The molecule has 2 amide bonds. The lowest BCUT2D eigenvalue weighted by Gasteiger charge is -2.19. The van der Waals surface area contributed by atoms with Crippen LogP contribution in [-0.4, -0.2) is 63.2 Å². The van der Waals surface area contributed by atoms with E-state index in [1.54, 1.807) is 42.5 Å². The van der Waals surface area contributed by atoms with Crippen molar-refractivity contribution in [1.82, 2.24) is 4.90 Å². The molecule has 1 aliphatic heterocycles. The van der Waals surface area contributed by atoms with E-state index in [9.17, 15) is 14.4 Å². The fourth-order valence-electron chi connectivity index (χ4n) is 2.87. The van der Waals surface area contributed by atoms with Crippen molar-refractivity contribution in [3.8, 4) is 17.2 Å². The molecule has 0 unspecified atom stereocenters. The molecule has 2 aromatic rings. The number of hydrogen-bond acceptors (Lipinski definition) is 7. The molecular formula is C22H24N2O7. The molecule has 0 spiro atoms. The first-order chi connectivity index (χ1) is 14.9. The van der Waals surface area contributed by atoms with Gasteiger partial charge in [-0.2, -0.15) is 0 Å². The highest BCUT2D eigenvalue weighted by Gasteiger charge is 2.17. The molecule has 0 bridgehead atoms. The summed E-state index contributed by atoms with van der Waals surface area (Å²) in [6.07, 6.45) is -0.00996. The zero-order chi connectivity index (χ0) is 22.2. The summed E-state index contributed by atoms with van der Waals surface area (Å²) in [5.41, 5.74) is 1.24. The Labute approximate surface area is 179 Å². The number of anilines is 1. The first-order valence-electron chi connectivity index (χ1n) is 9.66. The van der Waals surface area contributed by atoms with Gasteiger partial charge in [0, 0.05) is 18.8 Å². The van der Waals surface area contributed by atoms with Crippen molar-refractivity contribution in [3.05, 3.63) is 48.0 Å². The number of fused-ring (bicyclic) bond motifs is 1. The Morgan fingerprint density at radius 1 is 1.06 bits per heavy atom. The number of nitrogens with one attached hydrogen (secondary N) is 1. The number of hydrogen-bond donors (Lipinski definition) is 1. The Morgan fingerprint density at radius 3 is 2.61 bits per heavy atom. The second kappa shape index (κ2) is 10.3. The summed E-state index contributed by atoms with van der Waals surface area (Å²) < 4.78 is 21.1. The first-order valence-corrected chi connectivity index (χ1v) is 9.66. The van der Waals surface area contributed by atoms with Crippen LogP contribution in [0.2, 0.25) is 0 Å². The maximum absolute atomic E-state index is 12.2. The van der Waals surface area contributed by atoms with Gasteiger partial charge in [-0.15, -0.1) is 0 Å². The Kier molecular flexibility index (Phi) is 7.31. The van der Waals surface area contributed by atoms with Crippen LogP contribution >= 0.6 is 0 Å². The summed E-state index contributed by atoms with van der Waals surface area (Å²) in [6, 6.07) is 12.1. The molecule has 1 N–H and O–H groups in total. The largest absolute Gasteiger partial charge is 0.497 e.